The van der Waals surface area contributed by atoms with E-state index in [-0.39, 0.29) is 0 Å². The van der Waals surface area contributed by atoms with Gasteiger partial charge in [0, 0.05) is 10.2 Å². The molecular formula is C7H14Br2. The van der Waals surface area contributed by atoms with Crippen LogP contribution in [0.4, 0.5) is 0 Å². The lowest BCUT2D eigenvalue weighted by Gasteiger charge is -2.09. The molecule has 0 nitrogen and oxygen atoms in total. The summed E-state index contributed by atoms with van der Waals surface area (Å²) in [7, 11) is 0. The molecule has 0 aromatic heterocycles. The number of rotatable bonds is 4. The minimum absolute atomic E-state index is 0.673. The Hall–Kier alpha value is 0.960. The van der Waals surface area contributed by atoms with E-state index in [1.54, 1.807) is 0 Å². The number of alkyl halides is 2. The molecule has 0 N–H and O–H groups in total. The first-order valence-electron chi connectivity index (χ1n) is 3.36. The van der Waals surface area contributed by atoms with Crippen molar-refractivity contribution in [2.45, 2.75) is 31.5 Å². The molecule has 0 aliphatic heterocycles. The average Bonchev–Trinajstić information content (AvgIpc) is 1.63. The summed E-state index contributed by atoms with van der Waals surface area (Å²) in [4.78, 5) is 0.673. The Labute approximate surface area is 74.7 Å². The van der Waals surface area contributed by atoms with Gasteiger partial charge in [0.15, 0.2) is 0 Å². The fraction of sp³-hybridized carbons (Fsp3) is 1.00. The monoisotopic (exact) mass is 256 g/mol. The highest BCUT2D eigenvalue weighted by Gasteiger charge is 2.03. The zero-order chi connectivity index (χ0) is 7.28. The lowest BCUT2D eigenvalue weighted by Crippen LogP contribution is -2.01. The smallest absolute Gasteiger partial charge is 0.0120 e. The maximum absolute atomic E-state index is 3.53. The van der Waals surface area contributed by atoms with E-state index in [1.165, 1.54) is 12.8 Å². The second-order valence-corrected chi connectivity index (χ2v) is 4.96. The van der Waals surface area contributed by atoms with Crippen LogP contribution in [0.25, 0.3) is 0 Å². The predicted molar refractivity (Wildman–Crippen MR) is 50.6 cm³/mol. The van der Waals surface area contributed by atoms with Crippen LogP contribution in [0, 0.1) is 5.92 Å². The molecule has 0 rings (SSSR count). The summed E-state index contributed by atoms with van der Waals surface area (Å²) in [6.45, 7) is 4.49. The molecule has 0 saturated carbocycles. The van der Waals surface area contributed by atoms with Crippen molar-refractivity contribution in [3.63, 3.8) is 0 Å². The first-order chi connectivity index (χ1) is 4.16. The van der Waals surface area contributed by atoms with E-state index < -0.39 is 0 Å². The van der Waals surface area contributed by atoms with E-state index in [1.807, 2.05) is 0 Å². The topological polar surface area (TPSA) is 0 Å². The standard InChI is InChI=1S/C7H14Br2/c1-6(3-4-8)5-7(2)9/h6-7H,3-5H2,1-2H3. The first kappa shape index (κ1) is 9.96. The summed E-state index contributed by atoms with van der Waals surface area (Å²) >= 11 is 6.95. The fourth-order valence-corrected chi connectivity index (χ4v) is 2.28. The Kier molecular flexibility index (Phi) is 6.33. The Morgan fingerprint density at radius 3 is 2.22 bits per heavy atom. The van der Waals surface area contributed by atoms with Crippen LogP contribution in [0.5, 0.6) is 0 Å². The molecule has 2 atom stereocenters. The Bertz CT molecular complexity index is 61.9. The summed E-state index contributed by atoms with van der Waals surface area (Å²) in [5, 5.41) is 1.13. The molecule has 0 heterocycles. The molecule has 0 spiro atoms. The minimum atomic E-state index is 0.673. The van der Waals surface area contributed by atoms with Gasteiger partial charge in [-0.1, -0.05) is 45.7 Å². The van der Waals surface area contributed by atoms with Crippen LogP contribution < -0.4 is 0 Å². The summed E-state index contributed by atoms with van der Waals surface area (Å²) in [5.74, 6) is 0.846. The van der Waals surface area contributed by atoms with E-state index in [0.717, 1.165) is 11.2 Å². The molecule has 0 saturated heterocycles. The highest BCUT2D eigenvalue weighted by Crippen LogP contribution is 2.15. The predicted octanol–water partition coefficient (Wildman–Crippen LogP) is 3.58. The van der Waals surface area contributed by atoms with E-state index in [9.17, 15) is 0 Å². The van der Waals surface area contributed by atoms with Crippen molar-refractivity contribution in [2.24, 2.45) is 5.92 Å². The normalized spacial score (nSPS) is 17.3. The van der Waals surface area contributed by atoms with E-state index in [2.05, 4.69) is 45.7 Å². The van der Waals surface area contributed by atoms with Gasteiger partial charge >= 0.3 is 0 Å². The van der Waals surface area contributed by atoms with Crippen molar-refractivity contribution in [2.75, 3.05) is 5.33 Å². The van der Waals surface area contributed by atoms with Crippen LogP contribution >= 0.6 is 31.9 Å². The third-order valence-corrected chi connectivity index (χ3v) is 2.16. The molecule has 9 heavy (non-hydrogen) atoms. The Balaban J connectivity index is 3.15. The van der Waals surface area contributed by atoms with Gasteiger partial charge in [-0.05, 0) is 18.8 Å². The molecule has 0 aliphatic carbocycles. The summed E-state index contributed by atoms with van der Waals surface area (Å²) in [5.41, 5.74) is 0. The van der Waals surface area contributed by atoms with Crippen LogP contribution in [-0.4, -0.2) is 10.2 Å². The van der Waals surface area contributed by atoms with Crippen LogP contribution in [0.1, 0.15) is 26.7 Å². The lowest BCUT2D eigenvalue weighted by atomic mass is 10.0. The maximum atomic E-state index is 3.53. The molecular weight excluding hydrogens is 244 g/mol. The van der Waals surface area contributed by atoms with Crippen LogP contribution in [-0.2, 0) is 0 Å². The zero-order valence-corrected chi connectivity index (χ0v) is 9.20. The molecule has 0 aromatic rings. The van der Waals surface area contributed by atoms with Gasteiger partial charge in [-0.15, -0.1) is 0 Å². The van der Waals surface area contributed by atoms with Crippen LogP contribution in [0.15, 0.2) is 0 Å². The van der Waals surface area contributed by atoms with Gasteiger partial charge < -0.3 is 0 Å². The van der Waals surface area contributed by atoms with Gasteiger partial charge in [-0.3, -0.25) is 0 Å². The summed E-state index contributed by atoms with van der Waals surface area (Å²) in [6.07, 6.45) is 2.57. The van der Waals surface area contributed by atoms with Gasteiger partial charge in [0.05, 0.1) is 0 Å². The molecule has 0 amide bonds. The van der Waals surface area contributed by atoms with Crippen molar-refractivity contribution < 1.29 is 0 Å². The maximum Gasteiger partial charge on any atom is 0.0120 e. The van der Waals surface area contributed by atoms with Crippen LogP contribution in [0.3, 0.4) is 0 Å². The third kappa shape index (κ3) is 6.85. The van der Waals surface area contributed by atoms with Gasteiger partial charge in [0.1, 0.15) is 0 Å². The number of hydrogen-bond donors (Lipinski definition) is 0. The first-order valence-corrected chi connectivity index (χ1v) is 5.40. The number of hydrogen-bond acceptors (Lipinski definition) is 0. The molecule has 0 radical (unpaired) electrons. The molecule has 0 aromatic carbocycles. The minimum Gasteiger partial charge on any atom is -0.0928 e. The lowest BCUT2D eigenvalue weighted by molar-refractivity contribution is 0.524. The fourth-order valence-electron chi connectivity index (χ4n) is 0.859. The van der Waals surface area contributed by atoms with Gasteiger partial charge in [0.2, 0.25) is 0 Å². The Morgan fingerprint density at radius 2 is 1.89 bits per heavy atom. The van der Waals surface area contributed by atoms with Crippen molar-refractivity contribution in [3.8, 4) is 0 Å². The molecule has 0 aliphatic rings. The Morgan fingerprint density at radius 1 is 1.33 bits per heavy atom. The third-order valence-electron chi connectivity index (χ3n) is 1.33. The molecule has 0 bridgehead atoms. The van der Waals surface area contributed by atoms with Crippen molar-refractivity contribution in [1.29, 1.82) is 0 Å². The SMILES string of the molecule is CC(Br)CC(C)CCBr. The molecule has 2 heteroatoms. The van der Waals surface area contributed by atoms with Gasteiger partial charge in [0.25, 0.3) is 0 Å². The van der Waals surface area contributed by atoms with E-state index in [0.29, 0.717) is 4.83 Å². The van der Waals surface area contributed by atoms with E-state index >= 15 is 0 Å². The van der Waals surface area contributed by atoms with Crippen LogP contribution in [0.2, 0.25) is 0 Å². The second kappa shape index (κ2) is 5.72. The molecule has 2 unspecified atom stereocenters. The summed E-state index contributed by atoms with van der Waals surface area (Å²) in [6, 6.07) is 0. The second-order valence-electron chi connectivity index (χ2n) is 2.60. The van der Waals surface area contributed by atoms with Crippen molar-refractivity contribution in [3.05, 3.63) is 0 Å². The highest BCUT2D eigenvalue weighted by atomic mass is 79.9. The average molecular weight is 258 g/mol. The van der Waals surface area contributed by atoms with Gasteiger partial charge in [-0.2, -0.15) is 0 Å². The largest absolute Gasteiger partial charge is 0.0928 e. The number of halogens is 2. The zero-order valence-electron chi connectivity index (χ0n) is 6.03. The highest BCUT2D eigenvalue weighted by molar-refractivity contribution is 9.09. The van der Waals surface area contributed by atoms with E-state index in [4.69, 9.17) is 0 Å². The molecule has 56 valence electrons. The van der Waals surface area contributed by atoms with Crippen molar-refractivity contribution >= 4 is 31.9 Å². The van der Waals surface area contributed by atoms with Crippen molar-refractivity contribution in [1.82, 2.24) is 0 Å². The summed E-state index contributed by atoms with van der Waals surface area (Å²) < 4.78 is 0. The molecule has 0 fully saturated rings. The van der Waals surface area contributed by atoms with Gasteiger partial charge in [-0.25, -0.2) is 0 Å². The quantitative estimate of drug-likeness (QED) is 0.676.